The topological polar surface area (TPSA) is 65.4 Å². The number of imidazole rings is 1. The van der Waals surface area contributed by atoms with E-state index in [9.17, 15) is 4.79 Å². The van der Waals surface area contributed by atoms with Crippen molar-refractivity contribution in [2.45, 2.75) is 30.0 Å². The Morgan fingerprint density at radius 1 is 1.33 bits per heavy atom. The summed E-state index contributed by atoms with van der Waals surface area (Å²) >= 11 is 1.49. The van der Waals surface area contributed by atoms with Crippen molar-refractivity contribution in [3.8, 4) is 11.5 Å². The first-order chi connectivity index (χ1) is 11.6. The normalized spacial score (nSPS) is 11.8. The molecule has 0 unspecified atom stereocenters. The number of aromatic nitrogens is 2. The van der Waals surface area contributed by atoms with E-state index in [1.54, 1.807) is 26.7 Å². The van der Waals surface area contributed by atoms with Crippen LogP contribution in [0.25, 0.3) is 0 Å². The summed E-state index contributed by atoms with van der Waals surface area (Å²) in [7, 11) is 3.20. The van der Waals surface area contributed by atoms with Crippen LogP contribution in [0.1, 0.15) is 13.3 Å². The molecule has 0 saturated carbocycles. The van der Waals surface area contributed by atoms with Crippen LogP contribution in [0.4, 0.5) is 0 Å². The number of hydrogen-bond acceptors (Lipinski definition) is 5. The van der Waals surface area contributed by atoms with Gasteiger partial charge in [-0.25, -0.2) is 4.98 Å². The SMILES string of the molecule is COc1ccc(S[C@@H](C)C(=O)NCCCn2ccnc2)cc1OC. The number of amides is 1. The second kappa shape index (κ2) is 9.22. The Bertz CT molecular complexity index is 647. The average molecular weight is 349 g/mol. The molecular weight excluding hydrogens is 326 g/mol. The third-order valence-corrected chi connectivity index (χ3v) is 4.58. The molecule has 0 spiro atoms. The number of benzene rings is 1. The van der Waals surface area contributed by atoms with Gasteiger partial charge in [-0.15, -0.1) is 11.8 Å². The zero-order valence-electron chi connectivity index (χ0n) is 14.2. The number of methoxy groups -OCH3 is 2. The number of ether oxygens (including phenoxy) is 2. The van der Waals surface area contributed by atoms with Gasteiger partial charge >= 0.3 is 0 Å². The summed E-state index contributed by atoms with van der Waals surface area (Å²) in [5.74, 6) is 1.37. The molecule has 1 aromatic heterocycles. The van der Waals surface area contributed by atoms with Crippen LogP contribution < -0.4 is 14.8 Å². The number of nitrogens with one attached hydrogen (secondary N) is 1. The fourth-order valence-electron chi connectivity index (χ4n) is 2.18. The van der Waals surface area contributed by atoms with Crippen molar-refractivity contribution >= 4 is 17.7 Å². The van der Waals surface area contributed by atoms with E-state index < -0.39 is 0 Å². The maximum atomic E-state index is 12.2. The number of nitrogens with zero attached hydrogens (tertiary/aromatic N) is 2. The summed E-state index contributed by atoms with van der Waals surface area (Å²) in [6.45, 7) is 3.39. The molecule has 0 aliphatic heterocycles. The van der Waals surface area contributed by atoms with Crippen LogP contribution in [-0.2, 0) is 11.3 Å². The molecule has 0 bridgehead atoms. The van der Waals surface area contributed by atoms with Gasteiger partial charge in [-0.1, -0.05) is 0 Å². The fourth-order valence-corrected chi connectivity index (χ4v) is 3.10. The van der Waals surface area contributed by atoms with Gasteiger partial charge in [-0.05, 0) is 31.5 Å². The lowest BCUT2D eigenvalue weighted by Gasteiger charge is -2.14. The van der Waals surface area contributed by atoms with Crippen LogP contribution in [0.15, 0.2) is 41.8 Å². The summed E-state index contributed by atoms with van der Waals surface area (Å²) in [5.41, 5.74) is 0. The van der Waals surface area contributed by atoms with Gasteiger partial charge < -0.3 is 19.4 Å². The predicted octanol–water partition coefficient (Wildman–Crippen LogP) is 2.59. The maximum absolute atomic E-state index is 12.2. The number of thioether (sulfide) groups is 1. The van der Waals surface area contributed by atoms with E-state index >= 15 is 0 Å². The van der Waals surface area contributed by atoms with Crippen molar-refractivity contribution in [3.05, 3.63) is 36.9 Å². The molecule has 0 saturated heterocycles. The van der Waals surface area contributed by atoms with Gasteiger partial charge in [-0.2, -0.15) is 0 Å². The first kappa shape index (κ1) is 18.2. The Morgan fingerprint density at radius 2 is 2.12 bits per heavy atom. The molecule has 1 heterocycles. The smallest absolute Gasteiger partial charge is 0.233 e. The molecule has 0 aliphatic carbocycles. The van der Waals surface area contributed by atoms with Crippen LogP contribution >= 0.6 is 11.8 Å². The molecule has 0 aliphatic rings. The van der Waals surface area contributed by atoms with Crippen molar-refractivity contribution in [2.75, 3.05) is 20.8 Å². The Labute approximate surface area is 146 Å². The Kier molecular flexibility index (Phi) is 6.99. The number of hydrogen-bond donors (Lipinski definition) is 1. The molecule has 0 radical (unpaired) electrons. The van der Waals surface area contributed by atoms with Gasteiger partial charge in [0.15, 0.2) is 11.5 Å². The van der Waals surface area contributed by atoms with E-state index in [2.05, 4.69) is 10.3 Å². The van der Waals surface area contributed by atoms with Crippen LogP contribution in [0.3, 0.4) is 0 Å². The molecule has 6 nitrogen and oxygen atoms in total. The monoisotopic (exact) mass is 349 g/mol. The standard InChI is InChI=1S/C17H23N3O3S/c1-13(17(21)19-7-4-9-20-10-8-18-12-20)24-14-5-6-15(22-2)16(11-14)23-3/h5-6,8,10-13H,4,7,9H2,1-3H3,(H,19,21)/t13-/m0/s1. The minimum atomic E-state index is -0.184. The van der Waals surface area contributed by atoms with Crippen molar-refractivity contribution in [2.24, 2.45) is 0 Å². The van der Waals surface area contributed by atoms with Crippen molar-refractivity contribution in [3.63, 3.8) is 0 Å². The lowest BCUT2D eigenvalue weighted by Crippen LogP contribution is -2.32. The minimum absolute atomic E-state index is 0.0282. The van der Waals surface area contributed by atoms with Gasteiger partial charge in [0.05, 0.1) is 25.8 Å². The Balaban J connectivity index is 1.78. The fraction of sp³-hybridized carbons (Fsp3) is 0.412. The largest absolute Gasteiger partial charge is 0.493 e. The van der Waals surface area contributed by atoms with Gasteiger partial charge in [0.1, 0.15) is 0 Å². The summed E-state index contributed by atoms with van der Waals surface area (Å²) in [6, 6.07) is 5.65. The lowest BCUT2D eigenvalue weighted by atomic mass is 10.3. The van der Waals surface area contributed by atoms with Crippen LogP contribution in [0, 0.1) is 0 Å². The number of carbonyl (C=O) groups excluding carboxylic acids is 1. The molecule has 1 amide bonds. The van der Waals surface area contributed by atoms with Gasteiger partial charge in [0.2, 0.25) is 5.91 Å². The summed E-state index contributed by atoms with van der Waals surface area (Å²) in [5, 5.41) is 2.78. The second-order valence-electron chi connectivity index (χ2n) is 5.22. The molecule has 2 aromatic rings. The quantitative estimate of drug-likeness (QED) is 0.557. The predicted molar refractivity (Wildman–Crippen MR) is 94.7 cm³/mol. The molecule has 7 heteroatoms. The van der Waals surface area contributed by atoms with Gasteiger partial charge in [0, 0.05) is 30.4 Å². The van der Waals surface area contributed by atoms with E-state index in [0.717, 1.165) is 17.9 Å². The van der Waals surface area contributed by atoms with Crippen LogP contribution in [0.5, 0.6) is 11.5 Å². The molecule has 130 valence electrons. The highest BCUT2D eigenvalue weighted by Gasteiger charge is 2.15. The molecular formula is C17H23N3O3S. The van der Waals surface area contributed by atoms with Gasteiger partial charge in [-0.3, -0.25) is 4.79 Å². The van der Waals surface area contributed by atoms with E-state index in [-0.39, 0.29) is 11.2 Å². The highest BCUT2D eigenvalue weighted by Crippen LogP contribution is 2.33. The maximum Gasteiger partial charge on any atom is 0.233 e. The van der Waals surface area contributed by atoms with Crippen molar-refractivity contribution in [1.29, 1.82) is 0 Å². The average Bonchev–Trinajstić information content (AvgIpc) is 3.11. The summed E-state index contributed by atoms with van der Waals surface area (Å²) < 4.78 is 12.5. The zero-order valence-corrected chi connectivity index (χ0v) is 15.0. The highest BCUT2D eigenvalue weighted by molar-refractivity contribution is 8.00. The van der Waals surface area contributed by atoms with Crippen LogP contribution in [-0.4, -0.2) is 41.5 Å². The van der Waals surface area contributed by atoms with Gasteiger partial charge in [0.25, 0.3) is 0 Å². The van der Waals surface area contributed by atoms with Crippen molar-refractivity contribution in [1.82, 2.24) is 14.9 Å². The first-order valence-corrected chi connectivity index (χ1v) is 8.64. The molecule has 2 rings (SSSR count). The number of aryl methyl sites for hydroxylation is 1. The van der Waals surface area contributed by atoms with Crippen molar-refractivity contribution < 1.29 is 14.3 Å². The van der Waals surface area contributed by atoms with E-state index in [1.165, 1.54) is 11.8 Å². The van der Waals surface area contributed by atoms with E-state index in [1.807, 2.05) is 35.9 Å². The number of rotatable bonds is 9. The minimum Gasteiger partial charge on any atom is -0.493 e. The van der Waals surface area contributed by atoms with Crippen LogP contribution in [0.2, 0.25) is 0 Å². The number of carbonyl (C=O) groups is 1. The molecule has 1 atom stereocenters. The van der Waals surface area contributed by atoms with E-state index in [4.69, 9.17) is 9.47 Å². The first-order valence-electron chi connectivity index (χ1n) is 7.76. The molecule has 1 aromatic carbocycles. The molecule has 0 fully saturated rings. The zero-order chi connectivity index (χ0) is 17.4. The lowest BCUT2D eigenvalue weighted by molar-refractivity contribution is -0.120. The Hall–Kier alpha value is -2.15. The third-order valence-electron chi connectivity index (χ3n) is 3.49. The van der Waals surface area contributed by atoms with E-state index in [0.29, 0.717) is 18.0 Å². The molecule has 1 N–H and O–H groups in total. The highest BCUT2D eigenvalue weighted by atomic mass is 32.2. The second-order valence-corrected chi connectivity index (χ2v) is 6.64. The Morgan fingerprint density at radius 3 is 2.79 bits per heavy atom. The summed E-state index contributed by atoms with van der Waals surface area (Å²) in [6.07, 6.45) is 6.31. The third kappa shape index (κ3) is 5.19. The molecule has 24 heavy (non-hydrogen) atoms. The summed E-state index contributed by atoms with van der Waals surface area (Å²) in [4.78, 5) is 17.1.